The number of nitrogens with zero attached hydrogens (tertiary/aromatic N) is 2. The van der Waals surface area contributed by atoms with E-state index in [0.29, 0.717) is 18.7 Å². The van der Waals surface area contributed by atoms with Gasteiger partial charge in [0.05, 0.1) is 4.92 Å². The number of hydrogen-bond acceptors (Lipinski definition) is 4. The number of hydrogen-bond donors (Lipinski definition) is 1. The highest BCUT2D eigenvalue weighted by Gasteiger charge is 2.03. The summed E-state index contributed by atoms with van der Waals surface area (Å²) < 4.78 is 1.72. The van der Waals surface area contributed by atoms with Gasteiger partial charge in [0.25, 0.3) is 11.2 Å². The number of carbonyl (C=O) groups is 1. The van der Waals surface area contributed by atoms with Crippen LogP contribution in [0.3, 0.4) is 0 Å². The largest absolute Gasteiger partial charge is 0.353 e. The fourth-order valence-corrected chi connectivity index (χ4v) is 2.45. The van der Waals surface area contributed by atoms with Crippen LogP contribution in [-0.2, 0) is 11.3 Å². The lowest BCUT2D eigenvalue weighted by molar-refractivity contribution is -0.384. The van der Waals surface area contributed by atoms with Crippen molar-refractivity contribution in [2.45, 2.75) is 26.3 Å². The Morgan fingerprint density at radius 2 is 1.92 bits per heavy atom. The van der Waals surface area contributed by atoms with Crippen molar-refractivity contribution in [1.29, 1.82) is 0 Å². The van der Waals surface area contributed by atoms with Crippen molar-refractivity contribution < 1.29 is 9.72 Å². The van der Waals surface area contributed by atoms with Gasteiger partial charge in [-0.25, -0.2) is 0 Å². The molecule has 1 aromatic carbocycles. The Kier molecular flexibility index (Phi) is 6.84. The normalized spacial score (nSPS) is 10.8. The summed E-state index contributed by atoms with van der Waals surface area (Å²) >= 11 is 0. The van der Waals surface area contributed by atoms with E-state index in [1.807, 2.05) is 13.0 Å². The molecule has 1 heterocycles. The van der Waals surface area contributed by atoms with Crippen molar-refractivity contribution in [3.8, 4) is 0 Å². The van der Waals surface area contributed by atoms with Crippen LogP contribution >= 0.6 is 0 Å². The number of aromatic nitrogens is 1. The SMILES string of the molecule is Cc1cccc(=O)n1CCCCNC(=O)/C=C/c1ccc([N+](=O)[O-])cc1. The van der Waals surface area contributed by atoms with Gasteiger partial charge in [0, 0.05) is 43.1 Å². The van der Waals surface area contributed by atoms with Crippen molar-refractivity contribution in [2.24, 2.45) is 0 Å². The van der Waals surface area contributed by atoms with E-state index in [1.54, 1.807) is 28.8 Å². The number of nitro groups is 1. The third-order valence-electron chi connectivity index (χ3n) is 3.91. The predicted octanol–water partition coefficient (Wildman–Crippen LogP) is 2.67. The van der Waals surface area contributed by atoms with Gasteiger partial charge in [-0.05, 0) is 49.6 Å². The maximum absolute atomic E-state index is 11.8. The van der Waals surface area contributed by atoms with Crippen LogP contribution in [0.15, 0.2) is 53.3 Å². The van der Waals surface area contributed by atoms with Gasteiger partial charge in [-0.3, -0.25) is 19.7 Å². The first-order chi connectivity index (χ1) is 12.5. The Morgan fingerprint density at radius 1 is 1.19 bits per heavy atom. The van der Waals surface area contributed by atoms with Gasteiger partial charge in [0.1, 0.15) is 0 Å². The molecule has 0 spiro atoms. The highest BCUT2D eigenvalue weighted by atomic mass is 16.6. The fraction of sp³-hybridized carbons (Fsp3) is 0.263. The van der Waals surface area contributed by atoms with Crippen LogP contribution in [0.1, 0.15) is 24.1 Å². The zero-order chi connectivity index (χ0) is 18.9. The maximum atomic E-state index is 11.8. The summed E-state index contributed by atoms with van der Waals surface area (Å²) in [5.74, 6) is -0.226. The summed E-state index contributed by atoms with van der Waals surface area (Å²) in [6, 6.07) is 11.1. The minimum Gasteiger partial charge on any atom is -0.353 e. The smallest absolute Gasteiger partial charge is 0.269 e. The standard InChI is InChI=1S/C19H21N3O4/c1-15-5-4-6-19(24)21(15)14-3-2-13-20-18(23)12-9-16-7-10-17(11-8-16)22(25)26/h4-12H,2-3,13-14H2,1H3,(H,20,23)/b12-9+. The van der Waals surface area contributed by atoms with E-state index in [2.05, 4.69) is 5.32 Å². The highest BCUT2D eigenvalue weighted by Crippen LogP contribution is 2.12. The van der Waals surface area contributed by atoms with Gasteiger partial charge in [-0.1, -0.05) is 6.07 Å². The molecule has 7 nitrogen and oxygen atoms in total. The van der Waals surface area contributed by atoms with Gasteiger partial charge in [0.15, 0.2) is 0 Å². The van der Waals surface area contributed by atoms with E-state index >= 15 is 0 Å². The molecule has 0 saturated heterocycles. The molecule has 1 N–H and O–H groups in total. The Bertz CT molecular complexity index is 854. The molecule has 7 heteroatoms. The minimum absolute atomic E-state index is 0.0133. The van der Waals surface area contributed by atoms with E-state index < -0.39 is 4.92 Å². The third kappa shape index (κ3) is 5.70. The Morgan fingerprint density at radius 3 is 2.58 bits per heavy atom. The first kappa shape index (κ1) is 19.1. The van der Waals surface area contributed by atoms with Gasteiger partial charge in [-0.15, -0.1) is 0 Å². The molecule has 2 aromatic rings. The summed E-state index contributed by atoms with van der Waals surface area (Å²) in [6.07, 6.45) is 4.55. The lowest BCUT2D eigenvalue weighted by Crippen LogP contribution is -2.24. The minimum atomic E-state index is -0.467. The number of carbonyl (C=O) groups excluding carboxylic acids is 1. The summed E-state index contributed by atoms with van der Waals surface area (Å²) in [7, 11) is 0. The lowest BCUT2D eigenvalue weighted by Gasteiger charge is -2.09. The van der Waals surface area contributed by atoms with E-state index in [1.165, 1.54) is 24.3 Å². The molecule has 0 bridgehead atoms. The summed E-state index contributed by atoms with van der Waals surface area (Å²) in [6.45, 7) is 3.04. The summed E-state index contributed by atoms with van der Waals surface area (Å²) in [5, 5.41) is 13.4. The topological polar surface area (TPSA) is 94.2 Å². The molecule has 2 rings (SSSR count). The summed E-state index contributed by atoms with van der Waals surface area (Å²) in [4.78, 5) is 33.6. The predicted molar refractivity (Wildman–Crippen MR) is 99.8 cm³/mol. The van der Waals surface area contributed by atoms with Crippen LogP contribution in [0.5, 0.6) is 0 Å². The molecule has 0 saturated carbocycles. The molecule has 0 fully saturated rings. The number of rotatable bonds is 8. The van der Waals surface area contributed by atoms with E-state index in [9.17, 15) is 19.7 Å². The monoisotopic (exact) mass is 355 g/mol. The van der Waals surface area contributed by atoms with Crippen molar-refractivity contribution in [2.75, 3.05) is 6.54 Å². The zero-order valence-electron chi connectivity index (χ0n) is 14.6. The Balaban J connectivity index is 1.72. The number of nitro benzene ring substituents is 1. The average Bonchev–Trinajstić information content (AvgIpc) is 2.62. The molecular formula is C19H21N3O4. The van der Waals surface area contributed by atoms with Crippen LogP contribution in [0, 0.1) is 17.0 Å². The van der Waals surface area contributed by atoms with Crippen molar-refractivity contribution >= 4 is 17.7 Å². The van der Waals surface area contributed by atoms with Crippen LogP contribution < -0.4 is 10.9 Å². The second kappa shape index (κ2) is 9.31. The molecule has 0 aliphatic carbocycles. The maximum Gasteiger partial charge on any atom is 0.269 e. The summed E-state index contributed by atoms with van der Waals surface area (Å²) in [5.41, 5.74) is 1.64. The van der Waals surface area contributed by atoms with Gasteiger partial charge < -0.3 is 9.88 Å². The second-order valence-electron chi connectivity index (χ2n) is 5.84. The number of non-ortho nitro benzene ring substituents is 1. The number of benzene rings is 1. The number of nitrogens with one attached hydrogen (secondary N) is 1. The van der Waals surface area contributed by atoms with E-state index in [0.717, 1.165) is 18.5 Å². The third-order valence-corrected chi connectivity index (χ3v) is 3.91. The van der Waals surface area contributed by atoms with Crippen LogP contribution in [0.4, 0.5) is 5.69 Å². The number of unbranched alkanes of at least 4 members (excludes halogenated alkanes) is 1. The Hall–Kier alpha value is -3.22. The highest BCUT2D eigenvalue weighted by molar-refractivity contribution is 5.91. The van der Waals surface area contributed by atoms with Crippen LogP contribution in [0.2, 0.25) is 0 Å². The average molecular weight is 355 g/mol. The molecular weight excluding hydrogens is 334 g/mol. The van der Waals surface area contributed by atoms with Gasteiger partial charge >= 0.3 is 0 Å². The first-order valence-corrected chi connectivity index (χ1v) is 8.34. The lowest BCUT2D eigenvalue weighted by atomic mass is 10.2. The van der Waals surface area contributed by atoms with Crippen molar-refractivity contribution in [3.63, 3.8) is 0 Å². The number of amides is 1. The first-order valence-electron chi connectivity index (χ1n) is 8.34. The van der Waals surface area contributed by atoms with E-state index in [4.69, 9.17) is 0 Å². The van der Waals surface area contributed by atoms with Crippen LogP contribution in [0.25, 0.3) is 6.08 Å². The molecule has 0 aliphatic heterocycles. The molecule has 26 heavy (non-hydrogen) atoms. The molecule has 1 amide bonds. The van der Waals surface area contributed by atoms with Gasteiger partial charge in [0.2, 0.25) is 5.91 Å². The quantitative estimate of drug-likeness (QED) is 0.341. The molecule has 0 unspecified atom stereocenters. The molecule has 0 aliphatic rings. The molecule has 0 atom stereocenters. The second-order valence-corrected chi connectivity index (χ2v) is 5.84. The van der Waals surface area contributed by atoms with E-state index in [-0.39, 0.29) is 17.2 Å². The zero-order valence-corrected chi connectivity index (χ0v) is 14.6. The molecule has 0 radical (unpaired) electrons. The van der Waals surface area contributed by atoms with Crippen molar-refractivity contribution in [1.82, 2.24) is 9.88 Å². The number of aryl methyl sites for hydroxylation is 1. The molecule has 136 valence electrons. The van der Waals surface area contributed by atoms with Crippen molar-refractivity contribution in [3.05, 3.63) is 80.3 Å². The fourth-order valence-electron chi connectivity index (χ4n) is 2.45. The number of pyridine rings is 1. The Labute approximate surface area is 151 Å². The molecule has 1 aromatic heterocycles. The van der Waals surface area contributed by atoms with Crippen LogP contribution in [-0.4, -0.2) is 21.9 Å². The van der Waals surface area contributed by atoms with Gasteiger partial charge in [-0.2, -0.15) is 0 Å².